The summed E-state index contributed by atoms with van der Waals surface area (Å²) < 4.78 is 20.3. The molecule has 0 radical (unpaired) electrons. The molecule has 0 aliphatic rings. The number of methoxy groups -OCH3 is 1. The summed E-state index contributed by atoms with van der Waals surface area (Å²) in [5.41, 5.74) is 0.288. The minimum atomic E-state index is -0.401. The molecule has 0 saturated heterocycles. The zero-order chi connectivity index (χ0) is 12.4. The molecule has 0 saturated carbocycles. The predicted octanol–water partition coefficient (Wildman–Crippen LogP) is 2.63. The van der Waals surface area contributed by atoms with Crippen LogP contribution < -0.4 is 4.74 Å². The van der Waals surface area contributed by atoms with Crippen molar-refractivity contribution in [3.63, 3.8) is 0 Å². The van der Waals surface area contributed by atoms with Crippen molar-refractivity contribution in [2.75, 3.05) is 7.11 Å². The van der Waals surface area contributed by atoms with Gasteiger partial charge in [-0.2, -0.15) is 0 Å². The van der Waals surface area contributed by atoms with Crippen LogP contribution in [0.2, 0.25) is 5.28 Å². The van der Waals surface area contributed by atoms with E-state index in [-0.39, 0.29) is 11.0 Å². The second-order valence-electron chi connectivity index (χ2n) is 3.39. The average molecular weight is 256 g/mol. The first-order valence-corrected chi connectivity index (χ1v) is 5.49. The van der Waals surface area contributed by atoms with Gasteiger partial charge in [0.2, 0.25) is 5.28 Å². The Morgan fingerprint density at radius 2 is 2.18 bits per heavy atom. The van der Waals surface area contributed by atoms with Crippen LogP contribution in [0.15, 0.2) is 18.2 Å². The van der Waals surface area contributed by atoms with Crippen LogP contribution in [0.3, 0.4) is 0 Å². The van der Waals surface area contributed by atoms with E-state index in [9.17, 15) is 4.39 Å². The number of benzene rings is 1. The van der Waals surface area contributed by atoms with Gasteiger partial charge in [0.25, 0.3) is 0 Å². The molecular weight excluding hydrogens is 245 g/mol. The third kappa shape index (κ3) is 2.10. The van der Waals surface area contributed by atoms with E-state index in [1.807, 2.05) is 6.92 Å². The van der Waals surface area contributed by atoms with Gasteiger partial charge in [0.1, 0.15) is 17.4 Å². The van der Waals surface area contributed by atoms with Crippen molar-refractivity contribution >= 4 is 11.6 Å². The molecule has 0 bridgehead atoms. The van der Waals surface area contributed by atoms with Gasteiger partial charge >= 0.3 is 0 Å². The summed E-state index contributed by atoms with van der Waals surface area (Å²) in [4.78, 5) is 0. The van der Waals surface area contributed by atoms with Gasteiger partial charge in [-0.3, -0.25) is 4.57 Å². The number of hydrogen-bond donors (Lipinski definition) is 0. The highest BCUT2D eigenvalue weighted by Crippen LogP contribution is 2.24. The Morgan fingerprint density at radius 1 is 1.41 bits per heavy atom. The van der Waals surface area contributed by atoms with Gasteiger partial charge < -0.3 is 4.74 Å². The monoisotopic (exact) mass is 255 g/mol. The zero-order valence-corrected chi connectivity index (χ0v) is 10.2. The topological polar surface area (TPSA) is 39.9 Å². The molecule has 1 aromatic heterocycles. The van der Waals surface area contributed by atoms with Crippen LogP contribution in [-0.4, -0.2) is 21.9 Å². The van der Waals surface area contributed by atoms with E-state index in [1.165, 1.54) is 17.7 Å². The smallest absolute Gasteiger partial charge is 0.229 e. The van der Waals surface area contributed by atoms with Gasteiger partial charge in [0.05, 0.1) is 12.8 Å². The van der Waals surface area contributed by atoms with Crippen LogP contribution in [0.25, 0.3) is 5.69 Å². The fourth-order valence-corrected chi connectivity index (χ4v) is 1.78. The first kappa shape index (κ1) is 11.9. The molecule has 0 aliphatic carbocycles. The number of rotatable bonds is 3. The molecular formula is C11H11ClFN3O. The van der Waals surface area contributed by atoms with Crippen molar-refractivity contribution in [3.8, 4) is 11.4 Å². The minimum absolute atomic E-state index is 0.133. The highest BCUT2D eigenvalue weighted by atomic mass is 35.5. The molecule has 2 rings (SSSR count). The Balaban J connectivity index is 2.62. The molecule has 17 heavy (non-hydrogen) atoms. The highest BCUT2D eigenvalue weighted by molar-refractivity contribution is 6.28. The van der Waals surface area contributed by atoms with Crippen LogP contribution in [-0.2, 0) is 6.42 Å². The summed E-state index contributed by atoms with van der Waals surface area (Å²) in [5, 5.41) is 7.75. The molecule has 0 N–H and O–H groups in total. The molecule has 90 valence electrons. The van der Waals surface area contributed by atoms with Crippen molar-refractivity contribution in [2.45, 2.75) is 13.3 Å². The van der Waals surface area contributed by atoms with Crippen LogP contribution in [0.5, 0.6) is 5.75 Å². The number of ether oxygens (including phenoxy) is 1. The van der Waals surface area contributed by atoms with Crippen LogP contribution in [0.1, 0.15) is 12.7 Å². The molecule has 4 nitrogen and oxygen atoms in total. The van der Waals surface area contributed by atoms with Crippen molar-refractivity contribution in [2.24, 2.45) is 0 Å². The van der Waals surface area contributed by atoms with Gasteiger partial charge in [0, 0.05) is 12.5 Å². The molecule has 0 atom stereocenters. The summed E-state index contributed by atoms with van der Waals surface area (Å²) in [6.07, 6.45) is 0.608. The Kier molecular flexibility index (Phi) is 3.28. The Bertz CT molecular complexity index is 542. The maximum atomic E-state index is 13.8. The normalized spacial score (nSPS) is 10.6. The Morgan fingerprint density at radius 3 is 2.82 bits per heavy atom. The van der Waals surface area contributed by atoms with Crippen LogP contribution in [0, 0.1) is 5.82 Å². The predicted molar refractivity (Wildman–Crippen MR) is 62.3 cm³/mol. The number of aromatic nitrogens is 3. The lowest BCUT2D eigenvalue weighted by Gasteiger charge is -2.09. The standard InChI is InChI=1S/C11H11ClFN3O/c1-3-10-14-15-11(12)16(10)9-6-7(17-2)4-5-8(9)13/h4-6H,3H2,1-2H3. The summed E-state index contributed by atoms with van der Waals surface area (Å²) in [5.74, 6) is 0.748. The molecule has 1 aromatic carbocycles. The van der Waals surface area contributed by atoms with E-state index in [0.717, 1.165) is 0 Å². The second kappa shape index (κ2) is 4.71. The van der Waals surface area contributed by atoms with E-state index in [0.29, 0.717) is 18.0 Å². The zero-order valence-electron chi connectivity index (χ0n) is 9.44. The molecule has 1 heterocycles. The molecule has 6 heteroatoms. The van der Waals surface area contributed by atoms with Gasteiger partial charge in [-0.05, 0) is 23.7 Å². The first-order chi connectivity index (χ1) is 8.17. The summed E-state index contributed by atoms with van der Waals surface area (Å²) in [6.45, 7) is 1.90. The number of hydrogen-bond acceptors (Lipinski definition) is 3. The van der Waals surface area contributed by atoms with E-state index < -0.39 is 5.82 Å². The minimum Gasteiger partial charge on any atom is -0.497 e. The summed E-state index contributed by atoms with van der Waals surface area (Å²) in [7, 11) is 1.52. The van der Waals surface area contributed by atoms with Crippen LogP contribution >= 0.6 is 11.6 Å². The lowest BCUT2D eigenvalue weighted by atomic mass is 10.2. The van der Waals surface area contributed by atoms with E-state index in [1.54, 1.807) is 12.1 Å². The third-order valence-electron chi connectivity index (χ3n) is 2.40. The maximum Gasteiger partial charge on any atom is 0.229 e. The second-order valence-corrected chi connectivity index (χ2v) is 3.73. The van der Waals surface area contributed by atoms with Gasteiger partial charge in [-0.25, -0.2) is 4.39 Å². The first-order valence-electron chi connectivity index (χ1n) is 5.11. The van der Waals surface area contributed by atoms with E-state index >= 15 is 0 Å². The quantitative estimate of drug-likeness (QED) is 0.846. The molecule has 0 aliphatic heterocycles. The number of aryl methyl sites for hydroxylation is 1. The number of halogens is 2. The molecule has 0 amide bonds. The van der Waals surface area contributed by atoms with Crippen LogP contribution in [0.4, 0.5) is 4.39 Å². The SMILES string of the molecule is CCc1nnc(Cl)n1-c1cc(OC)ccc1F. The summed E-state index contributed by atoms with van der Waals surface area (Å²) in [6, 6.07) is 4.43. The van der Waals surface area contributed by atoms with Crippen molar-refractivity contribution in [1.29, 1.82) is 0 Å². The fraction of sp³-hybridized carbons (Fsp3) is 0.273. The van der Waals surface area contributed by atoms with Crippen molar-refractivity contribution in [3.05, 3.63) is 35.1 Å². The van der Waals surface area contributed by atoms with E-state index in [4.69, 9.17) is 16.3 Å². The maximum absolute atomic E-state index is 13.8. The lowest BCUT2D eigenvalue weighted by molar-refractivity contribution is 0.413. The molecule has 0 spiro atoms. The summed E-state index contributed by atoms with van der Waals surface area (Å²) >= 11 is 5.91. The largest absolute Gasteiger partial charge is 0.497 e. The Labute approximate surface area is 103 Å². The number of nitrogens with zero attached hydrogens (tertiary/aromatic N) is 3. The van der Waals surface area contributed by atoms with Gasteiger partial charge in [-0.15, -0.1) is 10.2 Å². The molecule has 0 unspecified atom stereocenters. The average Bonchev–Trinajstić information content (AvgIpc) is 2.71. The van der Waals surface area contributed by atoms with Crippen molar-refractivity contribution in [1.82, 2.24) is 14.8 Å². The fourth-order valence-electron chi connectivity index (χ4n) is 1.55. The molecule has 0 fully saturated rings. The Hall–Kier alpha value is -1.62. The third-order valence-corrected chi connectivity index (χ3v) is 2.65. The van der Waals surface area contributed by atoms with Gasteiger partial charge in [-0.1, -0.05) is 6.92 Å². The molecule has 2 aromatic rings. The van der Waals surface area contributed by atoms with Crippen molar-refractivity contribution < 1.29 is 9.13 Å². The lowest BCUT2D eigenvalue weighted by Crippen LogP contribution is -2.03. The van der Waals surface area contributed by atoms with Gasteiger partial charge in [0.15, 0.2) is 0 Å². The highest BCUT2D eigenvalue weighted by Gasteiger charge is 2.15. The van der Waals surface area contributed by atoms with E-state index in [2.05, 4.69) is 10.2 Å².